The van der Waals surface area contributed by atoms with Gasteiger partial charge in [0.2, 0.25) is 0 Å². The van der Waals surface area contributed by atoms with E-state index in [1.807, 2.05) is 0 Å². The number of carboxylic acids is 1. The van der Waals surface area contributed by atoms with E-state index in [1.165, 1.54) is 0 Å². The molecule has 0 aliphatic heterocycles. The molecule has 2 amide bonds. The first-order chi connectivity index (χ1) is 7.09. The predicted molar refractivity (Wildman–Crippen MR) is 52.4 cm³/mol. The first-order valence-corrected chi connectivity index (χ1v) is 5.05. The van der Waals surface area contributed by atoms with Gasteiger partial charge in [0.25, 0.3) is 0 Å². The summed E-state index contributed by atoms with van der Waals surface area (Å²) < 4.78 is 0. The van der Waals surface area contributed by atoms with Gasteiger partial charge < -0.3 is 20.8 Å². The van der Waals surface area contributed by atoms with E-state index in [4.69, 9.17) is 10.2 Å². The molecule has 15 heavy (non-hydrogen) atoms. The van der Waals surface area contributed by atoms with E-state index in [9.17, 15) is 9.59 Å². The van der Waals surface area contributed by atoms with E-state index < -0.39 is 12.1 Å². The van der Waals surface area contributed by atoms with Crippen molar-refractivity contribution < 1.29 is 19.8 Å². The number of aliphatic hydroxyl groups is 1. The molecule has 1 aliphatic carbocycles. The van der Waals surface area contributed by atoms with Crippen molar-refractivity contribution in [3.8, 4) is 0 Å². The minimum absolute atomic E-state index is 0.0212. The summed E-state index contributed by atoms with van der Waals surface area (Å²) in [5.41, 5.74) is 0. The Morgan fingerprint density at radius 2 is 2.07 bits per heavy atom. The third kappa shape index (κ3) is 4.16. The Hall–Kier alpha value is -1.30. The summed E-state index contributed by atoms with van der Waals surface area (Å²) in [6, 6.07) is -0.0355. The third-order valence-electron chi connectivity index (χ3n) is 2.43. The summed E-state index contributed by atoms with van der Waals surface area (Å²) in [7, 11) is 0. The van der Waals surface area contributed by atoms with E-state index in [2.05, 4.69) is 10.6 Å². The SMILES string of the molecule is O=C(NCC[C@H](O)C(=O)O)NC1CCC1. The van der Waals surface area contributed by atoms with Crippen molar-refractivity contribution in [2.45, 2.75) is 37.8 Å². The van der Waals surface area contributed by atoms with Gasteiger partial charge in [-0.3, -0.25) is 0 Å². The fourth-order valence-electron chi connectivity index (χ4n) is 1.23. The summed E-state index contributed by atoms with van der Waals surface area (Å²) in [6.07, 6.45) is 1.76. The Morgan fingerprint density at radius 3 is 2.53 bits per heavy atom. The number of hydrogen-bond acceptors (Lipinski definition) is 3. The quantitative estimate of drug-likeness (QED) is 0.506. The summed E-state index contributed by atoms with van der Waals surface area (Å²) in [5, 5.41) is 22.5. The van der Waals surface area contributed by atoms with Crippen LogP contribution in [-0.2, 0) is 4.79 Å². The maximum atomic E-state index is 11.1. The lowest BCUT2D eigenvalue weighted by atomic mass is 9.93. The van der Waals surface area contributed by atoms with Crippen LogP contribution >= 0.6 is 0 Å². The van der Waals surface area contributed by atoms with Gasteiger partial charge in [-0.25, -0.2) is 9.59 Å². The van der Waals surface area contributed by atoms with E-state index in [0.717, 1.165) is 19.3 Å². The molecule has 0 spiro atoms. The highest BCUT2D eigenvalue weighted by Gasteiger charge is 2.19. The zero-order chi connectivity index (χ0) is 11.3. The number of urea groups is 1. The Labute approximate surface area is 87.7 Å². The largest absolute Gasteiger partial charge is 0.479 e. The Kier molecular flexibility index (Phi) is 4.36. The predicted octanol–water partition coefficient (Wildman–Crippen LogP) is -0.326. The van der Waals surface area contributed by atoms with E-state index in [0.29, 0.717) is 0 Å². The van der Waals surface area contributed by atoms with Gasteiger partial charge in [-0.1, -0.05) is 0 Å². The highest BCUT2D eigenvalue weighted by Crippen LogP contribution is 2.17. The molecule has 1 aliphatic rings. The molecule has 0 radical (unpaired) electrons. The molecule has 0 saturated heterocycles. The summed E-state index contributed by atoms with van der Waals surface area (Å²) in [4.78, 5) is 21.4. The van der Waals surface area contributed by atoms with Crippen molar-refractivity contribution in [1.82, 2.24) is 10.6 Å². The number of carbonyl (C=O) groups is 2. The van der Waals surface area contributed by atoms with Gasteiger partial charge in [0.15, 0.2) is 6.10 Å². The number of carbonyl (C=O) groups excluding carboxylic acids is 1. The molecule has 0 aromatic carbocycles. The molecule has 0 unspecified atom stereocenters. The van der Waals surface area contributed by atoms with Gasteiger partial charge in [0.1, 0.15) is 0 Å². The Bertz CT molecular complexity index is 240. The lowest BCUT2D eigenvalue weighted by Gasteiger charge is -2.26. The van der Waals surface area contributed by atoms with Gasteiger partial charge in [0.05, 0.1) is 0 Å². The van der Waals surface area contributed by atoms with Crippen LogP contribution in [0.2, 0.25) is 0 Å². The molecule has 1 atom stereocenters. The van der Waals surface area contributed by atoms with E-state index >= 15 is 0 Å². The number of amides is 2. The van der Waals surface area contributed by atoms with Gasteiger partial charge in [-0.2, -0.15) is 0 Å². The van der Waals surface area contributed by atoms with E-state index in [-0.39, 0.29) is 25.0 Å². The molecular weight excluding hydrogens is 200 g/mol. The van der Waals surface area contributed by atoms with Gasteiger partial charge in [-0.05, 0) is 19.3 Å². The minimum atomic E-state index is -1.41. The van der Waals surface area contributed by atoms with Gasteiger partial charge >= 0.3 is 12.0 Å². The average molecular weight is 216 g/mol. The highest BCUT2D eigenvalue weighted by atomic mass is 16.4. The molecule has 0 aromatic rings. The molecule has 0 aromatic heterocycles. The number of carboxylic acid groups (broad SMARTS) is 1. The fourth-order valence-corrected chi connectivity index (χ4v) is 1.23. The molecule has 1 saturated carbocycles. The maximum Gasteiger partial charge on any atom is 0.332 e. The second kappa shape index (κ2) is 5.55. The molecule has 0 heterocycles. The normalized spacial score (nSPS) is 17.7. The summed E-state index contributed by atoms with van der Waals surface area (Å²) in [6.45, 7) is 0.159. The molecule has 86 valence electrons. The fraction of sp³-hybridized carbons (Fsp3) is 0.778. The summed E-state index contributed by atoms with van der Waals surface area (Å²) >= 11 is 0. The van der Waals surface area contributed by atoms with Crippen LogP contribution in [0.4, 0.5) is 4.79 Å². The monoisotopic (exact) mass is 216 g/mol. The Morgan fingerprint density at radius 1 is 1.40 bits per heavy atom. The lowest BCUT2D eigenvalue weighted by molar-refractivity contribution is -0.146. The maximum absolute atomic E-state index is 11.1. The molecule has 4 N–H and O–H groups in total. The minimum Gasteiger partial charge on any atom is -0.479 e. The molecule has 0 bridgehead atoms. The number of aliphatic carboxylic acids is 1. The number of hydrogen-bond donors (Lipinski definition) is 4. The van der Waals surface area contributed by atoms with E-state index in [1.54, 1.807) is 0 Å². The van der Waals surface area contributed by atoms with Gasteiger partial charge in [0, 0.05) is 19.0 Å². The standard InChI is InChI=1S/C9H16N2O4/c12-7(8(13)14)4-5-10-9(15)11-6-2-1-3-6/h6-7,12H,1-5H2,(H,13,14)(H2,10,11,15)/t7-/m0/s1. The zero-order valence-electron chi connectivity index (χ0n) is 8.40. The van der Waals surface area contributed by atoms with Crippen molar-refractivity contribution in [3.63, 3.8) is 0 Å². The van der Waals surface area contributed by atoms with Crippen LogP contribution in [-0.4, -0.2) is 40.9 Å². The second-order valence-corrected chi connectivity index (χ2v) is 3.67. The van der Waals surface area contributed by atoms with Crippen molar-refractivity contribution in [3.05, 3.63) is 0 Å². The average Bonchev–Trinajstić information content (AvgIpc) is 2.11. The zero-order valence-corrected chi connectivity index (χ0v) is 8.40. The van der Waals surface area contributed by atoms with Gasteiger partial charge in [-0.15, -0.1) is 0 Å². The van der Waals surface area contributed by atoms with Crippen LogP contribution in [0.5, 0.6) is 0 Å². The molecule has 1 fully saturated rings. The van der Waals surface area contributed by atoms with Crippen LogP contribution in [0.3, 0.4) is 0 Å². The first kappa shape index (κ1) is 11.8. The first-order valence-electron chi connectivity index (χ1n) is 5.05. The van der Waals surface area contributed by atoms with Crippen LogP contribution in [0.25, 0.3) is 0 Å². The smallest absolute Gasteiger partial charge is 0.332 e. The molecular formula is C9H16N2O4. The number of nitrogens with one attached hydrogen (secondary N) is 2. The van der Waals surface area contributed by atoms with Crippen molar-refractivity contribution in [2.24, 2.45) is 0 Å². The summed E-state index contributed by atoms with van der Waals surface area (Å²) in [5.74, 6) is -1.27. The topological polar surface area (TPSA) is 98.7 Å². The number of rotatable bonds is 5. The molecule has 6 heteroatoms. The van der Waals surface area contributed by atoms with Crippen molar-refractivity contribution in [1.29, 1.82) is 0 Å². The second-order valence-electron chi connectivity index (χ2n) is 3.67. The van der Waals surface area contributed by atoms with Crippen LogP contribution in [0, 0.1) is 0 Å². The Balaban J connectivity index is 2.03. The lowest BCUT2D eigenvalue weighted by Crippen LogP contribution is -2.45. The van der Waals surface area contributed by atoms with Crippen molar-refractivity contribution >= 4 is 12.0 Å². The number of aliphatic hydroxyl groups excluding tert-OH is 1. The third-order valence-corrected chi connectivity index (χ3v) is 2.43. The van der Waals surface area contributed by atoms with Crippen LogP contribution in [0.15, 0.2) is 0 Å². The highest BCUT2D eigenvalue weighted by molar-refractivity contribution is 5.74. The van der Waals surface area contributed by atoms with Crippen LogP contribution in [0.1, 0.15) is 25.7 Å². The molecule has 6 nitrogen and oxygen atoms in total. The molecule has 1 rings (SSSR count). The van der Waals surface area contributed by atoms with Crippen LogP contribution < -0.4 is 10.6 Å². The van der Waals surface area contributed by atoms with Crippen molar-refractivity contribution in [2.75, 3.05) is 6.54 Å².